The Morgan fingerprint density at radius 3 is 2.70 bits per heavy atom. The molecule has 4 nitrogen and oxygen atoms in total. The number of aryl methyl sites for hydroxylation is 1. The first-order chi connectivity index (χ1) is 16.1. The molecule has 0 amide bonds. The molecule has 0 aliphatic heterocycles. The molecule has 1 unspecified atom stereocenters. The van der Waals surface area contributed by atoms with Gasteiger partial charge in [0, 0.05) is 52.1 Å². The zero-order chi connectivity index (χ0) is 22.4. The van der Waals surface area contributed by atoms with Crippen LogP contribution in [0.1, 0.15) is 76.4 Å². The lowest BCUT2D eigenvalue weighted by Crippen LogP contribution is -2.19. The topological polar surface area (TPSA) is 59.9 Å². The van der Waals surface area contributed by atoms with Crippen molar-refractivity contribution < 1.29 is 9.59 Å². The summed E-state index contributed by atoms with van der Waals surface area (Å²) in [6, 6.07) is 8.11. The highest BCUT2D eigenvalue weighted by Gasteiger charge is 2.34. The summed E-state index contributed by atoms with van der Waals surface area (Å²) in [5, 5.41) is 1.07. The summed E-state index contributed by atoms with van der Waals surface area (Å²) in [6.07, 6.45) is 12.5. The number of nitrogens with zero attached hydrogens (tertiary/aromatic N) is 2. The van der Waals surface area contributed by atoms with Crippen molar-refractivity contribution in [1.29, 1.82) is 0 Å². The number of fused-ring (bicyclic) bond motifs is 2. The van der Waals surface area contributed by atoms with Crippen molar-refractivity contribution in [3.8, 4) is 0 Å². The molecule has 0 spiro atoms. The van der Waals surface area contributed by atoms with Crippen LogP contribution in [0, 0.1) is 17.8 Å². The standard InChI is InChI=1S/C28H30N2O2S/c31-23(11-7-17-5-6-17)28-21-13-18(14-27-29-16-20-3-1-2-4-22(20)30-27)8-12-25(21)33-26(28)15-24(32)19-9-10-19/h1-4,16-19H,5-15H2. The predicted molar refractivity (Wildman–Crippen MR) is 131 cm³/mol. The summed E-state index contributed by atoms with van der Waals surface area (Å²) in [5.74, 6) is 2.94. The Labute approximate surface area is 198 Å². The van der Waals surface area contributed by atoms with Gasteiger partial charge < -0.3 is 0 Å². The van der Waals surface area contributed by atoms with E-state index < -0.39 is 0 Å². The van der Waals surface area contributed by atoms with Gasteiger partial charge in [0.05, 0.1) is 5.52 Å². The second-order valence-corrected chi connectivity index (χ2v) is 11.5. The summed E-state index contributed by atoms with van der Waals surface area (Å²) in [5.41, 5.74) is 3.16. The third-order valence-electron chi connectivity index (χ3n) is 7.57. The molecule has 2 fully saturated rings. The fraction of sp³-hybridized carbons (Fsp3) is 0.500. The zero-order valence-electron chi connectivity index (χ0n) is 19.0. The average Bonchev–Trinajstić information content (AvgIpc) is 3.74. The fourth-order valence-electron chi connectivity index (χ4n) is 5.28. The molecule has 5 heteroatoms. The quantitative estimate of drug-likeness (QED) is 0.373. The number of hydrogen-bond acceptors (Lipinski definition) is 5. The highest BCUT2D eigenvalue weighted by atomic mass is 32.1. The normalized spacial score (nSPS) is 20.1. The van der Waals surface area contributed by atoms with Crippen molar-refractivity contribution in [2.24, 2.45) is 17.8 Å². The molecular formula is C28H30N2O2S. The molecule has 33 heavy (non-hydrogen) atoms. The Morgan fingerprint density at radius 2 is 1.88 bits per heavy atom. The van der Waals surface area contributed by atoms with Crippen molar-refractivity contribution in [3.05, 3.63) is 57.2 Å². The van der Waals surface area contributed by atoms with Gasteiger partial charge in [-0.05, 0) is 62.0 Å². The smallest absolute Gasteiger partial charge is 0.164 e. The number of Topliss-reactive ketones (excluding diaryl/α,β-unsaturated/α-hetero) is 2. The van der Waals surface area contributed by atoms with E-state index in [9.17, 15) is 9.59 Å². The monoisotopic (exact) mass is 458 g/mol. The van der Waals surface area contributed by atoms with Gasteiger partial charge in [-0.3, -0.25) is 9.59 Å². The Morgan fingerprint density at radius 1 is 1.03 bits per heavy atom. The first-order valence-electron chi connectivity index (χ1n) is 12.5. The second-order valence-electron chi connectivity index (χ2n) is 10.3. The Hall–Kier alpha value is -2.40. The average molecular weight is 459 g/mol. The highest BCUT2D eigenvalue weighted by molar-refractivity contribution is 7.12. The van der Waals surface area contributed by atoms with Crippen LogP contribution in [-0.4, -0.2) is 21.5 Å². The van der Waals surface area contributed by atoms with Crippen molar-refractivity contribution in [1.82, 2.24) is 9.97 Å². The van der Waals surface area contributed by atoms with Gasteiger partial charge in [0.25, 0.3) is 0 Å². The van der Waals surface area contributed by atoms with E-state index in [1.807, 2.05) is 30.5 Å². The molecule has 6 rings (SSSR count). The SMILES string of the molecule is O=C(CCC1CC1)c1c(CC(=O)C2CC2)sc2c1CC(Cc1ncc3ccccc3n1)CC2. The van der Waals surface area contributed by atoms with Gasteiger partial charge in [-0.1, -0.05) is 31.0 Å². The van der Waals surface area contributed by atoms with Crippen LogP contribution in [0.3, 0.4) is 0 Å². The summed E-state index contributed by atoms with van der Waals surface area (Å²) in [6.45, 7) is 0. The van der Waals surface area contributed by atoms with E-state index in [2.05, 4.69) is 4.98 Å². The van der Waals surface area contributed by atoms with Crippen LogP contribution in [0.5, 0.6) is 0 Å². The molecule has 3 aliphatic rings. The minimum atomic E-state index is 0.247. The van der Waals surface area contributed by atoms with Gasteiger partial charge in [-0.2, -0.15) is 0 Å². The third-order valence-corrected chi connectivity index (χ3v) is 8.86. The first-order valence-corrected chi connectivity index (χ1v) is 13.4. The molecule has 0 N–H and O–H groups in total. The maximum Gasteiger partial charge on any atom is 0.164 e. The molecule has 0 bridgehead atoms. The van der Waals surface area contributed by atoms with Gasteiger partial charge in [0.15, 0.2) is 5.78 Å². The minimum Gasteiger partial charge on any atom is -0.299 e. The lowest BCUT2D eigenvalue weighted by molar-refractivity contribution is -0.119. The molecule has 2 saturated carbocycles. The first kappa shape index (κ1) is 21.2. The number of thiophene rings is 1. The van der Waals surface area contributed by atoms with E-state index >= 15 is 0 Å². The number of hydrogen-bond donors (Lipinski definition) is 0. The summed E-state index contributed by atoms with van der Waals surface area (Å²) < 4.78 is 0. The molecule has 1 atom stereocenters. The zero-order valence-corrected chi connectivity index (χ0v) is 19.8. The van der Waals surface area contributed by atoms with Crippen LogP contribution >= 0.6 is 11.3 Å². The number of carbonyl (C=O) groups excluding carboxylic acids is 2. The van der Waals surface area contributed by atoms with Crippen molar-refractivity contribution >= 4 is 33.8 Å². The molecule has 3 aromatic rings. The van der Waals surface area contributed by atoms with E-state index in [4.69, 9.17) is 4.98 Å². The lowest BCUT2D eigenvalue weighted by atomic mass is 9.82. The predicted octanol–water partition coefficient (Wildman–Crippen LogP) is 5.93. The maximum absolute atomic E-state index is 13.4. The largest absolute Gasteiger partial charge is 0.299 e. The lowest BCUT2D eigenvalue weighted by Gasteiger charge is -2.22. The number of para-hydroxylation sites is 1. The van der Waals surface area contributed by atoms with Crippen LogP contribution in [0.4, 0.5) is 0 Å². The van der Waals surface area contributed by atoms with Crippen LogP contribution in [-0.2, 0) is 30.5 Å². The van der Waals surface area contributed by atoms with Gasteiger partial charge >= 0.3 is 0 Å². The highest BCUT2D eigenvalue weighted by Crippen LogP contribution is 2.41. The number of ketones is 2. The molecule has 0 radical (unpaired) electrons. The summed E-state index contributed by atoms with van der Waals surface area (Å²) >= 11 is 1.75. The fourth-order valence-corrected chi connectivity index (χ4v) is 6.66. The maximum atomic E-state index is 13.4. The summed E-state index contributed by atoms with van der Waals surface area (Å²) in [7, 11) is 0. The molecule has 3 aliphatic carbocycles. The number of aromatic nitrogens is 2. The van der Waals surface area contributed by atoms with Crippen LogP contribution in [0.25, 0.3) is 10.9 Å². The Bertz CT molecular complexity index is 1220. The summed E-state index contributed by atoms with van der Waals surface area (Å²) in [4.78, 5) is 37.8. The van der Waals surface area contributed by atoms with E-state index in [0.29, 0.717) is 24.5 Å². The number of carbonyl (C=O) groups is 2. The molecular weight excluding hydrogens is 428 g/mol. The minimum absolute atomic E-state index is 0.247. The van der Waals surface area contributed by atoms with E-state index in [1.54, 1.807) is 11.3 Å². The van der Waals surface area contributed by atoms with Crippen LogP contribution in [0.2, 0.25) is 0 Å². The third kappa shape index (κ3) is 4.65. The number of rotatable bonds is 9. The van der Waals surface area contributed by atoms with E-state index in [-0.39, 0.29) is 11.7 Å². The van der Waals surface area contributed by atoms with Crippen molar-refractivity contribution in [2.45, 2.75) is 70.6 Å². The van der Waals surface area contributed by atoms with Crippen LogP contribution < -0.4 is 0 Å². The van der Waals surface area contributed by atoms with E-state index in [0.717, 1.165) is 78.0 Å². The van der Waals surface area contributed by atoms with Gasteiger partial charge in [-0.15, -0.1) is 11.3 Å². The Balaban J connectivity index is 1.24. The van der Waals surface area contributed by atoms with Crippen LogP contribution in [0.15, 0.2) is 30.5 Å². The van der Waals surface area contributed by atoms with Gasteiger partial charge in [0.1, 0.15) is 11.6 Å². The van der Waals surface area contributed by atoms with Crippen molar-refractivity contribution in [3.63, 3.8) is 0 Å². The van der Waals surface area contributed by atoms with E-state index in [1.165, 1.54) is 23.3 Å². The van der Waals surface area contributed by atoms with Crippen molar-refractivity contribution in [2.75, 3.05) is 0 Å². The Kier molecular flexibility index (Phi) is 5.61. The molecule has 0 saturated heterocycles. The number of benzene rings is 1. The molecule has 2 aromatic heterocycles. The second kappa shape index (κ2) is 8.75. The van der Waals surface area contributed by atoms with Gasteiger partial charge in [-0.25, -0.2) is 9.97 Å². The molecule has 170 valence electrons. The molecule has 2 heterocycles. The molecule has 1 aromatic carbocycles. The van der Waals surface area contributed by atoms with Gasteiger partial charge in [0.2, 0.25) is 0 Å².